The summed E-state index contributed by atoms with van der Waals surface area (Å²) < 4.78 is 48.3. The Morgan fingerprint density at radius 3 is 1.55 bits per heavy atom. The Labute approximate surface area is 81.8 Å². The zero-order valence-electron chi connectivity index (χ0n) is 14.5. The minimum absolute atomic E-state index is 1.37. The summed E-state index contributed by atoms with van der Waals surface area (Å²) in [7, 11) is -3.14. The van der Waals surface area contributed by atoms with Crippen LogP contribution >= 0.6 is 0 Å². The first kappa shape index (κ1) is 4.45. The average Bonchev–Trinajstić information content (AvgIpc) is 1.98. The van der Waals surface area contributed by atoms with Crippen molar-refractivity contribution < 1.29 is 8.22 Å². The van der Waals surface area contributed by atoms with Gasteiger partial charge < -0.3 is 0 Å². The lowest BCUT2D eigenvalue weighted by Gasteiger charge is -2.26. The minimum Gasteiger partial charge on any atom is -0.0693 e. The maximum Gasteiger partial charge on any atom is 0.0478 e. The van der Waals surface area contributed by atoms with Gasteiger partial charge in [0.05, 0.1) is 0 Å². The highest BCUT2D eigenvalue weighted by atomic mass is 28.3. The van der Waals surface area contributed by atoms with Crippen molar-refractivity contribution in [3.8, 4) is 0 Å². The zero-order valence-corrected chi connectivity index (χ0v) is 9.50. The zero-order chi connectivity index (χ0) is 14.5. The maximum absolute atomic E-state index is 8.13. The van der Waals surface area contributed by atoms with Crippen LogP contribution in [0.2, 0.25) is 25.1 Å². The van der Waals surface area contributed by atoms with Crippen molar-refractivity contribution in [2.45, 2.75) is 52.8 Å². The molecule has 0 aromatic rings. The highest BCUT2D eigenvalue weighted by Gasteiger charge is 2.22. The summed E-state index contributed by atoms with van der Waals surface area (Å²) in [5.74, 6) is -6.58. The van der Waals surface area contributed by atoms with Gasteiger partial charge in [-0.3, -0.25) is 0 Å². The Balaban J connectivity index is 5.73. The van der Waals surface area contributed by atoms with Crippen LogP contribution in [0.3, 0.4) is 0 Å². The van der Waals surface area contributed by atoms with Gasteiger partial charge in [-0.25, -0.2) is 0 Å². The lowest BCUT2D eigenvalue weighted by Crippen LogP contribution is -2.28. The molecule has 0 aromatic heterocycles. The lowest BCUT2D eigenvalue weighted by molar-refractivity contribution is 0.681. The van der Waals surface area contributed by atoms with Gasteiger partial charge in [-0.15, -0.1) is 0 Å². The van der Waals surface area contributed by atoms with Crippen molar-refractivity contribution in [2.24, 2.45) is 11.8 Å². The molecule has 0 heterocycles. The van der Waals surface area contributed by atoms with Gasteiger partial charge in [0.2, 0.25) is 0 Å². The van der Waals surface area contributed by atoms with Crippen LogP contribution in [-0.2, 0) is 0 Å². The van der Waals surface area contributed by atoms with Gasteiger partial charge in [0, 0.05) is 16.3 Å². The second-order valence-electron chi connectivity index (χ2n) is 3.88. The molecule has 0 aliphatic heterocycles. The van der Waals surface area contributed by atoms with Crippen molar-refractivity contribution in [2.75, 3.05) is 0 Å². The van der Waals surface area contributed by atoms with Gasteiger partial charge in [0.1, 0.15) is 0 Å². The average molecular weight is 178 g/mol. The molecule has 0 N–H and O–H groups in total. The fourth-order valence-electron chi connectivity index (χ4n) is 1.28. The standard InChI is InChI=1S/C10H24Si/c1-9(2)7-11(5,6)8-10(3)4/h9-10H,7-8H2,1-6H3/i7D2,8D2,9D,10D. The summed E-state index contributed by atoms with van der Waals surface area (Å²) in [6.07, 6.45) is 0. The third-order valence-corrected chi connectivity index (χ3v) is 3.38. The van der Waals surface area contributed by atoms with E-state index in [1.165, 1.54) is 27.7 Å². The molecular formula is C10H24Si. The summed E-state index contributed by atoms with van der Waals surface area (Å²) in [5.41, 5.74) is 0. The predicted molar refractivity (Wildman–Crippen MR) is 56.8 cm³/mol. The summed E-state index contributed by atoms with van der Waals surface area (Å²) in [5, 5.41) is 0. The van der Waals surface area contributed by atoms with E-state index in [9.17, 15) is 0 Å². The highest BCUT2D eigenvalue weighted by Crippen LogP contribution is 2.24. The summed E-state index contributed by atoms with van der Waals surface area (Å²) >= 11 is 0. The quantitative estimate of drug-likeness (QED) is 0.571. The summed E-state index contributed by atoms with van der Waals surface area (Å²) in [4.78, 5) is 0. The van der Waals surface area contributed by atoms with Gasteiger partial charge in [-0.05, 0) is 11.8 Å². The minimum atomic E-state index is -3.14. The fraction of sp³-hybridized carbons (Fsp3) is 1.00. The Morgan fingerprint density at radius 1 is 1.09 bits per heavy atom. The topological polar surface area (TPSA) is 0 Å². The van der Waals surface area contributed by atoms with Crippen molar-refractivity contribution >= 4 is 8.07 Å². The molecule has 0 bridgehead atoms. The van der Waals surface area contributed by atoms with Crippen LogP contribution in [0.4, 0.5) is 0 Å². The molecule has 0 nitrogen and oxygen atoms in total. The molecule has 0 saturated carbocycles. The molecular weight excluding hydrogens is 148 g/mol. The summed E-state index contributed by atoms with van der Waals surface area (Å²) in [6, 6.07) is 0. The number of rotatable bonds is 4. The smallest absolute Gasteiger partial charge is 0.0478 e. The van der Waals surface area contributed by atoms with Crippen molar-refractivity contribution in [1.82, 2.24) is 0 Å². The van der Waals surface area contributed by atoms with Crippen LogP contribution in [0, 0.1) is 11.8 Å². The van der Waals surface area contributed by atoms with Crippen molar-refractivity contribution in [3.63, 3.8) is 0 Å². The first-order chi connectivity index (χ1) is 7.00. The maximum atomic E-state index is 8.13. The Hall–Kier alpha value is 0.217. The summed E-state index contributed by atoms with van der Waals surface area (Å²) in [6.45, 7) is 9.06. The van der Waals surface area contributed by atoms with E-state index in [0.717, 1.165) is 0 Å². The molecule has 0 rings (SSSR count). The van der Waals surface area contributed by atoms with Crippen molar-refractivity contribution in [3.05, 3.63) is 0 Å². The SMILES string of the molecule is [2H]C(C)(C)C([2H])([2H])[Si](C)(C)C([2H])([2H])C([2H])(C)C. The first-order valence-corrected chi connectivity index (χ1v) is 7.00. The molecule has 0 saturated heterocycles. The first-order valence-electron chi connectivity index (χ1n) is 7.00. The predicted octanol–water partition coefficient (Wildman–Crippen LogP) is 4.01. The van der Waals surface area contributed by atoms with Crippen LogP contribution in [0.15, 0.2) is 0 Å². The second-order valence-corrected chi connectivity index (χ2v) is 7.62. The molecule has 0 spiro atoms. The fourth-order valence-corrected chi connectivity index (χ4v) is 3.84. The lowest BCUT2D eigenvalue weighted by atomic mass is 10.3. The third kappa shape index (κ3) is 6.61. The van der Waals surface area contributed by atoms with E-state index in [-0.39, 0.29) is 0 Å². The van der Waals surface area contributed by atoms with Crippen LogP contribution in [0.5, 0.6) is 0 Å². The molecule has 0 aromatic carbocycles. The normalized spacial score (nSPS) is 25.6. The molecule has 0 fully saturated rings. The molecule has 0 unspecified atom stereocenters. The third-order valence-electron chi connectivity index (χ3n) is 1.12. The van der Waals surface area contributed by atoms with E-state index in [0.29, 0.717) is 0 Å². The molecule has 11 heavy (non-hydrogen) atoms. The molecule has 0 amide bonds. The molecule has 0 atom stereocenters. The van der Waals surface area contributed by atoms with Gasteiger partial charge in [0.15, 0.2) is 0 Å². The van der Waals surface area contributed by atoms with Crippen molar-refractivity contribution in [1.29, 1.82) is 0 Å². The van der Waals surface area contributed by atoms with E-state index >= 15 is 0 Å². The Morgan fingerprint density at radius 2 is 1.36 bits per heavy atom. The monoisotopic (exact) mass is 178 g/mol. The second kappa shape index (κ2) is 4.29. The molecule has 1 heteroatoms. The van der Waals surface area contributed by atoms with Crippen LogP contribution in [-0.4, -0.2) is 8.07 Å². The van der Waals surface area contributed by atoms with Gasteiger partial charge in [-0.1, -0.05) is 52.8 Å². The van der Waals surface area contributed by atoms with E-state index in [4.69, 9.17) is 8.22 Å². The largest absolute Gasteiger partial charge is 0.0693 e. The molecule has 0 aliphatic rings. The van der Waals surface area contributed by atoms with Crippen LogP contribution < -0.4 is 0 Å². The van der Waals surface area contributed by atoms with Crippen LogP contribution in [0.25, 0.3) is 0 Å². The molecule has 0 radical (unpaired) electrons. The molecule has 68 valence electrons. The highest BCUT2D eigenvalue weighted by molar-refractivity contribution is 6.77. The number of hydrogen-bond acceptors (Lipinski definition) is 0. The Bertz CT molecular complexity index is 256. The van der Waals surface area contributed by atoms with E-state index in [1.807, 2.05) is 0 Å². The number of hydrogen-bond donors (Lipinski definition) is 0. The van der Waals surface area contributed by atoms with Crippen LogP contribution in [0.1, 0.15) is 35.9 Å². The van der Waals surface area contributed by atoms with Gasteiger partial charge >= 0.3 is 0 Å². The van der Waals surface area contributed by atoms with E-state index in [1.54, 1.807) is 13.1 Å². The van der Waals surface area contributed by atoms with Gasteiger partial charge in [0.25, 0.3) is 0 Å². The van der Waals surface area contributed by atoms with Gasteiger partial charge in [-0.2, -0.15) is 0 Å². The van der Waals surface area contributed by atoms with E-state index in [2.05, 4.69) is 0 Å². The molecule has 0 aliphatic carbocycles. The van der Waals surface area contributed by atoms with E-state index < -0.39 is 31.9 Å². The Kier molecular flexibility index (Phi) is 1.74.